The SMILES string of the molecule is CCC1CCCC1(C(=O)O)N(CC)C(=O)OCc1ccccc1. The number of benzene rings is 1. The van der Waals surface area contributed by atoms with Gasteiger partial charge in [-0.2, -0.15) is 0 Å². The second kappa shape index (κ2) is 7.49. The van der Waals surface area contributed by atoms with Gasteiger partial charge in [-0.15, -0.1) is 0 Å². The van der Waals surface area contributed by atoms with Crippen molar-refractivity contribution in [2.45, 2.75) is 51.7 Å². The highest BCUT2D eigenvalue weighted by molar-refractivity contribution is 5.85. The Hall–Kier alpha value is -2.04. The fourth-order valence-electron chi connectivity index (χ4n) is 3.73. The van der Waals surface area contributed by atoms with Gasteiger partial charge in [0.05, 0.1) is 0 Å². The number of likely N-dealkylation sites (N-methyl/N-ethyl adjacent to an activating group) is 1. The zero-order valence-electron chi connectivity index (χ0n) is 13.8. The highest BCUT2D eigenvalue weighted by Gasteiger charge is 2.54. The van der Waals surface area contributed by atoms with E-state index in [0.29, 0.717) is 13.0 Å². The van der Waals surface area contributed by atoms with Crippen molar-refractivity contribution in [2.75, 3.05) is 6.54 Å². The summed E-state index contributed by atoms with van der Waals surface area (Å²) in [6.07, 6.45) is 2.36. The lowest BCUT2D eigenvalue weighted by atomic mass is 9.83. The maximum Gasteiger partial charge on any atom is 0.411 e. The van der Waals surface area contributed by atoms with Crippen LogP contribution in [0, 0.1) is 5.92 Å². The summed E-state index contributed by atoms with van der Waals surface area (Å²) in [5, 5.41) is 9.85. The number of nitrogens with zero attached hydrogens (tertiary/aromatic N) is 1. The number of carboxylic acids is 1. The summed E-state index contributed by atoms with van der Waals surface area (Å²) < 4.78 is 5.39. The van der Waals surface area contributed by atoms with E-state index in [2.05, 4.69) is 0 Å². The molecule has 2 atom stereocenters. The Balaban J connectivity index is 2.16. The van der Waals surface area contributed by atoms with Crippen molar-refractivity contribution in [3.05, 3.63) is 35.9 Å². The van der Waals surface area contributed by atoms with Crippen LogP contribution in [0.2, 0.25) is 0 Å². The minimum Gasteiger partial charge on any atom is -0.479 e. The summed E-state index contributed by atoms with van der Waals surface area (Å²) in [5.74, 6) is -0.940. The van der Waals surface area contributed by atoms with Crippen LogP contribution in [0.1, 0.15) is 45.1 Å². The summed E-state index contributed by atoms with van der Waals surface area (Å²) in [4.78, 5) is 26.0. The monoisotopic (exact) mass is 319 g/mol. The first-order valence-electron chi connectivity index (χ1n) is 8.28. The molecule has 126 valence electrons. The van der Waals surface area contributed by atoms with Crippen molar-refractivity contribution in [2.24, 2.45) is 5.92 Å². The van der Waals surface area contributed by atoms with Crippen molar-refractivity contribution >= 4 is 12.1 Å². The molecule has 5 heteroatoms. The van der Waals surface area contributed by atoms with Gasteiger partial charge in [-0.3, -0.25) is 4.90 Å². The molecule has 1 fully saturated rings. The molecule has 0 spiro atoms. The number of carbonyl (C=O) groups excluding carboxylic acids is 1. The number of hydrogen-bond acceptors (Lipinski definition) is 3. The van der Waals surface area contributed by atoms with Crippen LogP contribution in [0.15, 0.2) is 30.3 Å². The Kier molecular flexibility index (Phi) is 5.64. The van der Waals surface area contributed by atoms with E-state index < -0.39 is 17.6 Å². The first-order chi connectivity index (χ1) is 11.1. The number of hydrogen-bond donors (Lipinski definition) is 1. The van der Waals surface area contributed by atoms with Gasteiger partial charge in [0.2, 0.25) is 0 Å². The third kappa shape index (κ3) is 3.33. The van der Waals surface area contributed by atoms with E-state index in [1.165, 1.54) is 4.90 Å². The molecule has 0 saturated heterocycles. The van der Waals surface area contributed by atoms with Gasteiger partial charge in [0, 0.05) is 6.54 Å². The van der Waals surface area contributed by atoms with Crippen molar-refractivity contribution < 1.29 is 19.4 Å². The molecule has 1 aromatic carbocycles. The summed E-state index contributed by atoms with van der Waals surface area (Å²) in [6, 6.07) is 9.41. The van der Waals surface area contributed by atoms with Crippen LogP contribution in [0.3, 0.4) is 0 Å². The van der Waals surface area contributed by atoms with Crippen molar-refractivity contribution in [1.29, 1.82) is 0 Å². The highest BCUT2D eigenvalue weighted by atomic mass is 16.6. The number of amides is 1. The van der Waals surface area contributed by atoms with Gasteiger partial charge in [-0.1, -0.05) is 50.1 Å². The van der Waals surface area contributed by atoms with E-state index in [-0.39, 0.29) is 12.5 Å². The number of carboxylic acid groups (broad SMARTS) is 1. The quantitative estimate of drug-likeness (QED) is 0.868. The van der Waals surface area contributed by atoms with Crippen molar-refractivity contribution in [3.8, 4) is 0 Å². The molecule has 1 aromatic rings. The van der Waals surface area contributed by atoms with Gasteiger partial charge < -0.3 is 9.84 Å². The fourth-order valence-corrected chi connectivity index (χ4v) is 3.73. The lowest BCUT2D eigenvalue weighted by Crippen LogP contribution is -2.59. The summed E-state index contributed by atoms with van der Waals surface area (Å²) in [5.41, 5.74) is -0.239. The van der Waals surface area contributed by atoms with E-state index in [4.69, 9.17) is 4.74 Å². The summed E-state index contributed by atoms with van der Waals surface area (Å²) in [6.45, 7) is 4.27. The number of carbonyl (C=O) groups is 2. The summed E-state index contributed by atoms with van der Waals surface area (Å²) >= 11 is 0. The van der Waals surface area contributed by atoms with E-state index in [1.54, 1.807) is 6.92 Å². The molecular formula is C18H25NO4. The maximum absolute atomic E-state index is 12.5. The molecule has 1 N–H and O–H groups in total. The standard InChI is InChI=1S/C18H25NO4/c1-3-15-11-8-12-18(15,16(20)21)19(4-2)17(22)23-13-14-9-6-5-7-10-14/h5-7,9-10,15H,3-4,8,11-13H2,1-2H3,(H,20,21). The average molecular weight is 319 g/mol. The minimum absolute atomic E-state index is 0.0239. The molecule has 1 saturated carbocycles. The van der Waals surface area contributed by atoms with Gasteiger partial charge in [0.1, 0.15) is 12.1 Å². The Morgan fingerprint density at radius 1 is 1.30 bits per heavy atom. The van der Waals surface area contributed by atoms with Gasteiger partial charge >= 0.3 is 12.1 Å². The second-order valence-electron chi connectivity index (χ2n) is 6.01. The zero-order valence-corrected chi connectivity index (χ0v) is 13.8. The predicted octanol–water partition coefficient (Wildman–Crippen LogP) is 3.68. The van der Waals surface area contributed by atoms with Crippen LogP contribution in [-0.4, -0.2) is 34.2 Å². The molecular weight excluding hydrogens is 294 g/mol. The van der Waals surface area contributed by atoms with Crippen LogP contribution in [-0.2, 0) is 16.1 Å². The largest absolute Gasteiger partial charge is 0.479 e. The molecule has 0 aromatic heterocycles. The first kappa shape index (κ1) is 17.3. The lowest BCUT2D eigenvalue weighted by molar-refractivity contribution is -0.153. The molecule has 0 bridgehead atoms. The van der Waals surface area contributed by atoms with E-state index in [1.807, 2.05) is 37.3 Å². The third-order valence-corrected chi connectivity index (χ3v) is 4.87. The topological polar surface area (TPSA) is 66.8 Å². The van der Waals surface area contributed by atoms with E-state index in [0.717, 1.165) is 24.8 Å². The summed E-state index contributed by atoms with van der Waals surface area (Å²) in [7, 11) is 0. The predicted molar refractivity (Wildman–Crippen MR) is 87.0 cm³/mol. The Morgan fingerprint density at radius 2 is 2.00 bits per heavy atom. The minimum atomic E-state index is -1.13. The molecule has 1 aliphatic rings. The average Bonchev–Trinajstić information content (AvgIpc) is 2.99. The molecule has 0 aliphatic heterocycles. The Morgan fingerprint density at radius 3 is 2.57 bits per heavy atom. The molecule has 2 rings (SSSR count). The number of rotatable bonds is 6. The van der Waals surface area contributed by atoms with Crippen LogP contribution in [0.25, 0.3) is 0 Å². The van der Waals surface area contributed by atoms with Gasteiger partial charge in [0.25, 0.3) is 0 Å². The molecule has 1 aliphatic carbocycles. The molecule has 0 heterocycles. The van der Waals surface area contributed by atoms with E-state index in [9.17, 15) is 14.7 Å². The highest BCUT2D eigenvalue weighted by Crippen LogP contribution is 2.43. The molecule has 0 radical (unpaired) electrons. The fraction of sp³-hybridized carbons (Fsp3) is 0.556. The third-order valence-electron chi connectivity index (χ3n) is 4.87. The normalized spacial score (nSPS) is 23.5. The number of aliphatic carboxylic acids is 1. The smallest absolute Gasteiger partial charge is 0.411 e. The van der Waals surface area contributed by atoms with Crippen LogP contribution >= 0.6 is 0 Å². The second-order valence-corrected chi connectivity index (χ2v) is 6.01. The van der Waals surface area contributed by atoms with Crippen LogP contribution in [0.4, 0.5) is 4.79 Å². The van der Waals surface area contributed by atoms with Gasteiger partial charge in [-0.25, -0.2) is 9.59 Å². The van der Waals surface area contributed by atoms with Crippen LogP contribution < -0.4 is 0 Å². The van der Waals surface area contributed by atoms with Gasteiger partial charge in [0.15, 0.2) is 0 Å². The molecule has 1 amide bonds. The molecule has 5 nitrogen and oxygen atoms in total. The van der Waals surface area contributed by atoms with Gasteiger partial charge in [-0.05, 0) is 31.2 Å². The zero-order chi connectivity index (χ0) is 16.9. The van der Waals surface area contributed by atoms with E-state index >= 15 is 0 Å². The first-order valence-corrected chi connectivity index (χ1v) is 8.28. The Labute approximate surface area is 137 Å². The Bertz CT molecular complexity index is 545. The molecule has 2 unspecified atom stereocenters. The van der Waals surface area contributed by atoms with Crippen LogP contribution in [0.5, 0.6) is 0 Å². The van der Waals surface area contributed by atoms with Crippen molar-refractivity contribution in [3.63, 3.8) is 0 Å². The molecule has 23 heavy (non-hydrogen) atoms. The maximum atomic E-state index is 12.5. The lowest BCUT2D eigenvalue weighted by Gasteiger charge is -2.40. The van der Waals surface area contributed by atoms with Crippen molar-refractivity contribution in [1.82, 2.24) is 4.90 Å². The number of ether oxygens (including phenoxy) is 1.